The van der Waals surface area contributed by atoms with E-state index in [4.69, 9.17) is 4.74 Å². The van der Waals surface area contributed by atoms with Gasteiger partial charge in [-0.3, -0.25) is 0 Å². The Morgan fingerprint density at radius 1 is 1.13 bits per heavy atom. The molecule has 4 aliphatic rings. The van der Waals surface area contributed by atoms with Gasteiger partial charge in [0, 0.05) is 11.8 Å². The lowest BCUT2D eigenvalue weighted by molar-refractivity contribution is -0.0614. The van der Waals surface area contributed by atoms with Gasteiger partial charge in [-0.15, -0.1) is 0 Å². The van der Waals surface area contributed by atoms with E-state index in [0.717, 1.165) is 54.8 Å². The molecular weight excluding hydrogens is 380 g/mol. The first kappa shape index (κ1) is 23.8. The van der Waals surface area contributed by atoms with E-state index in [1.807, 2.05) is 0 Å². The van der Waals surface area contributed by atoms with Gasteiger partial charge in [0.05, 0.1) is 12.2 Å². The maximum atomic E-state index is 10.4. The van der Waals surface area contributed by atoms with Crippen molar-refractivity contribution in [2.75, 3.05) is 0 Å². The van der Waals surface area contributed by atoms with E-state index in [1.165, 1.54) is 44.9 Å². The lowest BCUT2D eigenvalue weighted by Gasteiger charge is -2.52. The maximum absolute atomic E-state index is 10.4. The number of rotatable bonds is 6. The second-order valence-corrected chi connectivity index (χ2v) is 12.7. The minimum Gasteiger partial charge on any atom is -0.393 e. The summed E-state index contributed by atoms with van der Waals surface area (Å²) in [4.78, 5) is 0. The summed E-state index contributed by atoms with van der Waals surface area (Å²) < 4.78 is 6.42. The van der Waals surface area contributed by atoms with Crippen LogP contribution >= 0.6 is 0 Å². The minimum absolute atomic E-state index is 0.00430. The van der Waals surface area contributed by atoms with Crippen LogP contribution in [0.25, 0.3) is 0 Å². The molecule has 0 unspecified atom stereocenters. The largest absolute Gasteiger partial charge is 0.393 e. The van der Waals surface area contributed by atoms with Gasteiger partial charge in [-0.05, 0) is 80.0 Å². The molecule has 10 atom stereocenters. The molecule has 1 spiro atoms. The highest BCUT2D eigenvalue weighted by Crippen LogP contribution is 2.69. The first-order chi connectivity index (χ1) is 14.7. The monoisotopic (exact) mass is 430 g/mol. The number of aliphatic hydroxyl groups is 1. The summed E-state index contributed by atoms with van der Waals surface area (Å²) in [5, 5.41) is 10.4. The Balaban J connectivity index is 1.45. The summed E-state index contributed by atoms with van der Waals surface area (Å²) in [6, 6.07) is 0. The topological polar surface area (TPSA) is 32.8 Å². The van der Waals surface area contributed by atoms with Crippen molar-refractivity contribution in [1.82, 2.24) is 0 Å². The molecule has 3 aliphatic carbocycles. The molecule has 0 amide bonds. The van der Waals surface area contributed by atoms with Gasteiger partial charge in [-0.25, -0.2) is 0 Å². The van der Waals surface area contributed by atoms with E-state index < -0.39 is 0 Å². The van der Waals surface area contributed by atoms with Gasteiger partial charge >= 0.3 is 0 Å². The van der Waals surface area contributed by atoms with Gasteiger partial charge in [0.1, 0.15) is 5.60 Å². The molecule has 0 bridgehead atoms. The normalized spacial score (nSPS) is 47.7. The van der Waals surface area contributed by atoms with Crippen LogP contribution in [-0.4, -0.2) is 22.9 Å². The van der Waals surface area contributed by atoms with Crippen molar-refractivity contribution in [3.8, 4) is 0 Å². The lowest BCUT2D eigenvalue weighted by atomic mass is 9.51. The quantitative estimate of drug-likeness (QED) is 0.352. The third kappa shape index (κ3) is 4.30. The number of fused-ring (bicyclic) bond motifs is 2. The Morgan fingerprint density at radius 3 is 2.61 bits per heavy atom. The summed E-state index contributed by atoms with van der Waals surface area (Å²) >= 11 is 0. The summed E-state index contributed by atoms with van der Waals surface area (Å²) in [6.07, 6.45) is 17.7. The lowest BCUT2D eigenvalue weighted by Crippen LogP contribution is -2.54. The second kappa shape index (κ2) is 9.13. The van der Waals surface area contributed by atoms with E-state index in [1.54, 1.807) is 0 Å². The predicted octanol–water partition coefficient (Wildman–Crippen LogP) is 7.40. The van der Waals surface area contributed by atoms with Crippen LogP contribution in [-0.2, 0) is 4.74 Å². The Bertz CT molecular complexity index is 641. The van der Waals surface area contributed by atoms with Crippen LogP contribution in [0.3, 0.4) is 0 Å². The summed E-state index contributed by atoms with van der Waals surface area (Å²) in [5.74, 6) is 5.53. The van der Waals surface area contributed by atoms with E-state index >= 15 is 0 Å². The zero-order valence-corrected chi connectivity index (χ0v) is 21.3. The van der Waals surface area contributed by atoms with Crippen LogP contribution in [0, 0.1) is 46.8 Å². The highest BCUT2D eigenvalue weighted by Gasteiger charge is 2.73. The Hall–Kier alpha value is -0.340. The third-order valence-corrected chi connectivity index (χ3v) is 10.8. The molecule has 1 aliphatic heterocycles. The molecule has 4 rings (SSSR count). The van der Waals surface area contributed by atoms with Crippen LogP contribution < -0.4 is 0 Å². The zero-order valence-electron chi connectivity index (χ0n) is 21.3. The number of epoxide rings is 1. The third-order valence-electron chi connectivity index (χ3n) is 10.8. The predicted molar refractivity (Wildman–Crippen MR) is 130 cm³/mol. The smallest absolute Gasteiger partial charge is 0.103 e. The Morgan fingerprint density at radius 2 is 1.90 bits per heavy atom. The van der Waals surface area contributed by atoms with Crippen LogP contribution in [0.2, 0.25) is 0 Å². The van der Waals surface area contributed by atoms with Crippen LogP contribution in [0.1, 0.15) is 106 Å². The summed E-state index contributed by atoms with van der Waals surface area (Å²) in [5.41, 5.74) is 0.247. The Labute approximate surface area is 192 Å². The van der Waals surface area contributed by atoms with Crippen molar-refractivity contribution in [2.24, 2.45) is 46.8 Å². The molecule has 178 valence electrons. The van der Waals surface area contributed by atoms with Crippen molar-refractivity contribution in [3.63, 3.8) is 0 Å². The van der Waals surface area contributed by atoms with Crippen molar-refractivity contribution in [2.45, 2.75) is 124 Å². The average molecular weight is 431 g/mol. The fourth-order valence-corrected chi connectivity index (χ4v) is 8.42. The van der Waals surface area contributed by atoms with Crippen LogP contribution in [0.15, 0.2) is 12.2 Å². The van der Waals surface area contributed by atoms with E-state index in [2.05, 4.69) is 53.7 Å². The molecule has 31 heavy (non-hydrogen) atoms. The van der Waals surface area contributed by atoms with Gasteiger partial charge < -0.3 is 9.84 Å². The van der Waals surface area contributed by atoms with E-state index in [-0.39, 0.29) is 17.1 Å². The van der Waals surface area contributed by atoms with Gasteiger partial charge in [0.15, 0.2) is 0 Å². The van der Waals surface area contributed by atoms with Gasteiger partial charge in [0.25, 0.3) is 0 Å². The molecule has 0 radical (unpaired) electrons. The summed E-state index contributed by atoms with van der Waals surface area (Å²) in [6.45, 7) is 14.8. The van der Waals surface area contributed by atoms with Crippen molar-refractivity contribution in [3.05, 3.63) is 12.2 Å². The van der Waals surface area contributed by atoms with Crippen LogP contribution in [0.5, 0.6) is 0 Å². The number of ether oxygens (including phenoxy) is 1. The molecule has 3 fully saturated rings. The molecule has 0 aromatic heterocycles. The zero-order chi connectivity index (χ0) is 22.4. The van der Waals surface area contributed by atoms with E-state index in [0.29, 0.717) is 12.0 Å². The number of aliphatic hydroxyl groups excluding tert-OH is 1. The van der Waals surface area contributed by atoms with Crippen LogP contribution in [0.4, 0.5) is 0 Å². The minimum atomic E-state index is -0.150. The highest BCUT2D eigenvalue weighted by atomic mass is 16.6. The molecule has 2 nitrogen and oxygen atoms in total. The fourth-order valence-electron chi connectivity index (χ4n) is 8.42. The maximum Gasteiger partial charge on any atom is 0.103 e. The highest BCUT2D eigenvalue weighted by molar-refractivity contribution is 5.23. The van der Waals surface area contributed by atoms with Gasteiger partial charge in [-0.1, -0.05) is 73.0 Å². The second-order valence-electron chi connectivity index (χ2n) is 12.7. The molecule has 0 aromatic carbocycles. The first-order valence-corrected chi connectivity index (χ1v) is 13.7. The van der Waals surface area contributed by atoms with Crippen molar-refractivity contribution in [1.29, 1.82) is 0 Å². The Kier molecular flexibility index (Phi) is 7.01. The molecular formula is C29H50O2. The fraction of sp³-hybridized carbons (Fsp3) is 0.931. The molecule has 0 aromatic rings. The van der Waals surface area contributed by atoms with Crippen molar-refractivity contribution >= 4 is 0 Å². The van der Waals surface area contributed by atoms with Gasteiger partial charge in [-0.2, -0.15) is 0 Å². The molecule has 2 heteroatoms. The van der Waals surface area contributed by atoms with Crippen molar-refractivity contribution < 1.29 is 9.84 Å². The molecule has 1 saturated heterocycles. The molecule has 1 heterocycles. The molecule has 1 N–H and O–H groups in total. The number of allylic oxidation sites excluding steroid dienone is 2. The first-order valence-electron chi connectivity index (χ1n) is 13.7. The average Bonchev–Trinajstić information content (AvgIpc) is 3.40. The number of hydrogen-bond acceptors (Lipinski definition) is 2. The number of hydrogen-bond donors (Lipinski definition) is 1. The SMILES string of the molecule is CC[C@H](CC[C@@H](C)[C@H]1C/C=C/[C@@H]2C[C@H]3O[C@]34C[C@H](O)CC[C@]4(C)[C@H]2CC[C@@H]1C)C(C)C. The molecule has 2 saturated carbocycles. The van der Waals surface area contributed by atoms with E-state index in [9.17, 15) is 5.11 Å². The summed E-state index contributed by atoms with van der Waals surface area (Å²) in [7, 11) is 0. The standard InChI is InChI=1S/C29H50O2/c1-7-22(19(2)3)13-11-20(4)25-10-8-9-23-17-27-29(31-27)18-24(30)15-16-28(29,6)26(23)14-12-21(25)5/h8-9,19-27,30H,7,10-18H2,1-6H3/b9-8+/t20-,21+,22-,23-,24-,25-,26+,27-,28-,29-/m1/s1. The van der Waals surface area contributed by atoms with Gasteiger partial charge in [0.2, 0.25) is 0 Å².